The topological polar surface area (TPSA) is 42.0 Å². The molecule has 0 aromatic carbocycles. The number of amides is 1. The van der Waals surface area contributed by atoms with E-state index in [4.69, 9.17) is 0 Å². The first-order valence-electron chi connectivity index (χ1n) is 5.10. The van der Waals surface area contributed by atoms with E-state index in [1.165, 1.54) is 6.08 Å². The molecule has 0 saturated carbocycles. The summed E-state index contributed by atoms with van der Waals surface area (Å²) in [4.78, 5) is 17.7. The highest BCUT2D eigenvalue weighted by Gasteiger charge is 2.06. The number of nitrogens with one attached hydrogen (secondary N) is 1. The van der Waals surface area contributed by atoms with Gasteiger partial charge in [0.1, 0.15) is 0 Å². The monoisotopic (exact) mass is 264 g/mol. The molecule has 0 atom stereocenters. The molecule has 17 heavy (non-hydrogen) atoms. The van der Waals surface area contributed by atoms with Crippen LogP contribution in [0.25, 0.3) is 10.6 Å². The van der Waals surface area contributed by atoms with Gasteiger partial charge >= 0.3 is 0 Å². The molecule has 0 aliphatic heterocycles. The van der Waals surface area contributed by atoms with Gasteiger partial charge in [0.15, 0.2) is 0 Å². The van der Waals surface area contributed by atoms with Crippen LogP contribution >= 0.6 is 22.7 Å². The van der Waals surface area contributed by atoms with Crippen molar-refractivity contribution in [3.05, 3.63) is 40.1 Å². The van der Waals surface area contributed by atoms with E-state index in [0.717, 1.165) is 20.5 Å². The minimum Gasteiger partial charge on any atom is -0.348 e. The van der Waals surface area contributed by atoms with Crippen molar-refractivity contribution >= 4 is 28.6 Å². The second-order valence-electron chi connectivity index (χ2n) is 3.44. The lowest BCUT2D eigenvalue weighted by atomic mass is 10.3. The number of aryl methyl sites for hydroxylation is 1. The lowest BCUT2D eigenvalue weighted by Crippen LogP contribution is -2.19. The largest absolute Gasteiger partial charge is 0.348 e. The summed E-state index contributed by atoms with van der Waals surface area (Å²) >= 11 is 3.29. The van der Waals surface area contributed by atoms with Crippen LogP contribution in [0.4, 0.5) is 0 Å². The van der Waals surface area contributed by atoms with Crippen molar-refractivity contribution in [3.8, 4) is 10.6 Å². The Morgan fingerprint density at radius 2 is 2.41 bits per heavy atom. The molecule has 0 radical (unpaired) electrons. The fourth-order valence-corrected chi connectivity index (χ4v) is 2.93. The molecule has 5 heteroatoms. The quantitative estimate of drug-likeness (QED) is 0.863. The molecule has 0 unspecified atom stereocenters. The summed E-state index contributed by atoms with van der Waals surface area (Å²) in [5.41, 5.74) is 1.01. The predicted octanol–water partition coefficient (Wildman–Crippen LogP) is 2.98. The molecule has 0 saturated heterocycles. The number of carbonyl (C=O) groups is 1. The van der Waals surface area contributed by atoms with E-state index in [1.54, 1.807) is 22.7 Å². The fraction of sp³-hybridized carbons (Fsp3) is 0.167. The van der Waals surface area contributed by atoms with Gasteiger partial charge in [0.2, 0.25) is 5.91 Å². The summed E-state index contributed by atoms with van der Waals surface area (Å²) < 4.78 is 0. The maximum Gasteiger partial charge on any atom is 0.243 e. The van der Waals surface area contributed by atoms with Crippen molar-refractivity contribution < 1.29 is 4.79 Å². The summed E-state index contributed by atoms with van der Waals surface area (Å²) in [5.74, 6) is -0.149. The van der Waals surface area contributed by atoms with Gasteiger partial charge in [-0.3, -0.25) is 4.79 Å². The molecule has 0 fully saturated rings. The average molecular weight is 264 g/mol. The van der Waals surface area contributed by atoms with Gasteiger partial charge in [0.25, 0.3) is 0 Å². The third kappa shape index (κ3) is 3.01. The van der Waals surface area contributed by atoms with E-state index in [0.29, 0.717) is 6.54 Å². The summed E-state index contributed by atoms with van der Waals surface area (Å²) in [6.07, 6.45) is 1.28. The van der Waals surface area contributed by atoms with Crippen LogP contribution < -0.4 is 5.32 Å². The Balaban J connectivity index is 2.06. The standard InChI is InChI=1S/C12H12N2OS2/c1-3-12(15)13-6-9-4-5-11(17-9)10-7-16-8(2)14-10/h3-5,7H,1,6H2,2H3,(H,13,15). The van der Waals surface area contributed by atoms with Crippen LogP contribution in [0.5, 0.6) is 0 Å². The molecule has 1 amide bonds. The number of hydrogen-bond donors (Lipinski definition) is 1. The molecule has 2 aromatic heterocycles. The van der Waals surface area contributed by atoms with Crippen molar-refractivity contribution in [2.75, 3.05) is 0 Å². The van der Waals surface area contributed by atoms with Gasteiger partial charge in [-0.15, -0.1) is 22.7 Å². The Hall–Kier alpha value is -1.46. The van der Waals surface area contributed by atoms with Crippen molar-refractivity contribution in [2.24, 2.45) is 0 Å². The lowest BCUT2D eigenvalue weighted by molar-refractivity contribution is -0.116. The Morgan fingerprint density at radius 3 is 3.06 bits per heavy atom. The molecule has 0 aliphatic rings. The van der Waals surface area contributed by atoms with Crippen LogP contribution in [-0.4, -0.2) is 10.9 Å². The smallest absolute Gasteiger partial charge is 0.243 e. The van der Waals surface area contributed by atoms with Crippen LogP contribution in [0, 0.1) is 6.92 Å². The van der Waals surface area contributed by atoms with Crippen molar-refractivity contribution in [1.29, 1.82) is 0 Å². The predicted molar refractivity (Wildman–Crippen MR) is 72.2 cm³/mol. The number of carbonyl (C=O) groups excluding carboxylic acids is 1. The van der Waals surface area contributed by atoms with Gasteiger partial charge in [-0.05, 0) is 25.1 Å². The Kier molecular flexibility index (Phi) is 3.71. The maximum atomic E-state index is 11.0. The molecular formula is C12H12N2OS2. The van der Waals surface area contributed by atoms with Crippen molar-refractivity contribution in [3.63, 3.8) is 0 Å². The van der Waals surface area contributed by atoms with E-state index in [9.17, 15) is 4.79 Å². The molecule has 88 valence electrons. The second-order valence-corrected chi connectivity index (χ2v) is 5.67. The van der Waals surface area contributed by atoms with Gasteiger partial charge in [0.05, 0.1) is 22.1 Å². The van der Waals surface area contributed by atoms with Gasteiger partial charge in [-0.2, -0.15) is 0 Å². The van der Waals surface area contributed by atoms with E-state index in [2.05, 4.69) is 16.9 Å². The fourth-order valence-electron chi connectivity index (χ4n) is 1.33. The second kappa shape index (κ2) is 5.25. The molecule has 2 rings (SSSR count). The normalized spacial score (nSPS) is 10.2. The summed E-state index contributed by atoms with van der Waals surface area (Å²) in [6.45, 7) is 5.94. The van der Waals surface area contributed by atoms with Crippen LogP contribution in [0.15, 0.2) is 30.2 Å². The maximum absolute atomic E-state index is 11.0. The first-order chi connectivity index (χ1) is 8.19. The van der Waals surface area contributed by atoms with Crippen LogP contribution in [0.3, 0.4) is 0 Å². The Labute approximate surface area is 108 Å². The third-order valence-corrected chi connectivity index (χ3v) is 4.04. The minimum atomic E-state index is -0.149. The summed E-state index contributed by atoms with van der Waals surface area (Å²) in [7, 11) is 0. The van der Waals surface area contributed by atoms with Gasteiger partial charge in [-0.25, -0.2) is 4.98 Å². The summed E-state index contributed by atoms with van der Waals surface area (Å²) in [5, 5.41) is 5.87. The van der Waals surface area contributed by atoms with Crippen LogP contribution in [0.2, 0.25) is 0 Å². The Bertz CT molecular complexity index is 542. The molecule has 0 spiro atoms. The first kappa shape index (κ1) is 12.0. The minimum absolute atomic E-state index is 0.149. The third-order valence-electron chi connectivity index (χ3n) is 2.16. The Morgan fingerprint density at radius 1 is 1.59 bits per heavy atom. The highest BCUT2D eigenvalue weighted by Crippen LogP contribution is 2.28. The SMILES string of the molecule is C=CC(=O)NCc1ccc(-c2csc(C)n2)s1. The lowest BCUT2D eigenvalue weighted by Gasteiger charge is -1.97. The van der Waals surface area contributed by atoms with Crippen molar-refractivity contribution in [2.45, 2.75) is 13.5 Å². The highest BCUT2D eigenvalue weighted by atomic mass is 32.1. The molecular weight excluding hydrogens is 252 g/mol. The first-order valence-corrected chi connectivity index (χ1v) is 6.80. The molecule has 2 heterocycles. The highest BCUT2D eigenvalue weighted by molar-refractivity contribution is 7.16. The van der Waals surface area contributed by atoms with Gasteiger partial charge in [0, 0.05) is 10.3 Å². The molecule has 3 nitrogen and oxygen atoms in total. The molecule has 0 bridgehead atoms. The van der Waals surface area contributed by atoms with E-state index >= 15 is 0 Å². The number of thiazole rings is 1. The molecule has 0 aliphatic carbocycles. The van der Waals surface area contributed by atoms with E-state index in [-0.39, 0.29) is 5.91 Å². The van der Waals surface area contributed by atoms with Crippen LogP contribution in [0.1, 0.15) is 9.88 Å². The van der Waals surface area contributed by atoms with Crippen LogP contribution in [-0.2, 0) is 11.3 Å². The zero-order valence-electron chi connectivity index (χ0n) is 9.40. The number of hydrogen-bond acceptors (Lipinski definition) is 4. The number of nitrogens with zero attached hydrogens (tertiary/aromatic N) is 1. The number of thiophene rings is 1. The number of aromatic nitrogens is 1. The molecule has 1 N–H and O–H groups in total. The van der Waals surface area contributed by atoms with E-state index in [1.807, 2.05) is 24.4 Å². The average Bonchev–Trinajstić information content (AvgIpc) is 2.94. The van der Waals surface area contributed by atoms with Gasteiger partial charge < -0.3 is 5.32 Å². The zero-order chi connectivity index (χ0) is 12.3. The van der Waals surface area contributed by atoms with Crippen molar-refractivity contribution in [1.82, 2.24) is 10.3 Å². The molecule has 2 aromatic rings. The van der Waals surface area contributed by atoms with Gasteiger partial charge in [-0.1, -0.05) is 6.58 Å². The van der Waals surface area contributed by atoms with E-state index < -0.39 is 0 Å². The number of rotatable bonds is 4. The zero-order valence-corrected chi connectivity index (χ0v) is 11.0. The summed E-state index contributed by atoms with van der Waals surface area (Å²) in [6, 6.07) is 4.05.